The largest absolute Gasteiger partial charge is 0.472 e. The normalized spacial score (nSPS) is 12.4. The van der Waals surface area contributed by atoms with Crippen LogP contribution in [0.4, 0.5) is 5.95 Å². The average Bonchev–Trinajstić information content (AvgIpc) is 2.85. The van der Waals surface area contributed by atoms with Crippen molar-refractivity contribution in [2.45, 2.75) is 12.5 Å². The van der Waals surface area contributed by atoms with E-state index in [-0.39, 0.29) is 0 Å². The number of hydrogen-bond donors (Lipinski definition) is 2. The number of rotatable bonds is 5. The van der Waals surface area contributed by atoms with Crippen LogP contribution in [0.2, 0.25) is 0 Å². The Bertz CT molecular complexity index is 444. The van der Waals surface area contributed by atoms with Gasteiger partial charge in [0.05, 0.1) is 23.1 Å². The van der Waals surface area contributed by atoms with Gasteiger partial charge in [-0.2, -0.15) is 0 Å². The van der Waals surface area contributed by atoms with Crippen molar-refractivity contribution in [3.63, 3.8) is 0 Å². The summed E-state index contributed by atoms with van der Waals surface area (Å²) in [5.74, 6) is 0.549. The average molecular weight is 298 g/mol. The highest BCUT2D eigenvalue weighted by Gasteiger charge is 2.08. The number of aromatic nitrogens is 2. The Labute approximate surface area is 107 Å². The van der Waals surface area contributed by atoms with Crippen LogP contribution in [-0.2, 0) is 0 Å². The van der Waals surface area contributed by atoms with E-state index in [4.69, 9.17) is 4.42 Å². The Kier molecular flexibility index (Phi) is 4.11. The highest BCUT2D eigenvalue weighted by Crippen LogP contribution is 2.16. The summed E-state index contributed by atoms with van der Waals surface area (Å²) in [5, 5.41) is 12.8. The van der Waals surface area contributed by atoms with E-state index < -0.39 is 6.10 Å². The fraction of sp³-hybridized carbons (Fsp3) is 0.273. The van der Waals surface area contributed by atoms with Crippen molar-refractivity contribution in [1.82, 2.24) is 9.97 Å². The second kappa shape index (κ2) is 5.79. The Balaban J connectivity index is 1.78. The van der Waals surface area contributed by atoms with Crippen LogP contribution in [0.15, 0.2) is 39.9 Å². The topological polar surface area (TPSA) is 71.2 Å². The van der Waals surface area contributed by atoms with E-state index in [2.05, 4.69) is 31.2 Å². The first-order chi connectivity index (χ1) is 8.25. The molecule has 1 unspecified atom stereocenters. The number of nitrogens with one attached hydrogen (secondary N) is 1. The number of anilines is 1. The third-order valence-corrected chi connectivity index (χ3v) is 2.66. The van der Waals surface area contributed by atoms with Gasteiger partial charge < -0.3 is 14.8 Å². The second-order valence-electron chi connectivity index (χ2n) is 3.51. The third kappa shape index (κ3) is 3.54. The van der Waals surface area contributed by atoms with Gasteiger partial charge in [0.1, 0.15) is 0 Å². The maximum absolute atomic E-state index is 9.78. The second-order valence-corrected chi connectivity index (χ2v) is 4.43. The lowest BCUT2D eigenvalue weighted by molar-refractivity contribution is 0.171. The van der Waals surface area contributed by atoms with Gasteiger partial charge in [0.25, 0.3) is 0 Å². The van der Waals surface area contributed by atoms with E-state index in [1.54, 1.807) is 31.0 Å². The lowest BCUT2D eigenvalue weighted by Gasteiger charge is -2.08. The smallest absolute Gasteiger partial charge is 0.222 e. The van der Waals surface area contributed by atoms with Crippen molar-refractivity contribution >= 4 is 21.9 Å². The molecular formula is C11H12BrN3O2. The molecular weight excluding hydrogens is 286 g/mol. The molecule has 0 saturated carbocycles. The first-order valence-electron chi connectivity index (χ1n) is 5.17. The van der Waals surface area contributed by atoms with Crippen LogP contribution in [0.5, 0.6) is 0 Å². The van der Waals surface area contributed by atoms with Crippen LogP contribution < -0.4 is 5.32 Å². The van der Waals surface area contributed by atoms with Gasteiger partial charge in [-0.15, -0.1) is 0 Å². The highest BCUT2D eigenvalue weighted by molar-refractivity contribution is 9.10. The summed E-state index contributed by atoms with van der Waals surface area (Å²) in [7, 11) is 0. The number of halogens is 1. The number of aliphatic hydroxyl groups excluding tert-OH is 1. The molecule has 0 saturated heterocycles. The number of aliphatic hydroxyl groups is 1. The van der Waals surface area contributed by atoms with E-state index in [9.17, 15) is 5.11 Å². The molecule has 0 amide bonds. The van der Waals surface area contributed by atoms with Gasteiger partial charge in [0.2, 0.25) is 5.95 Å². The van der Waals surface area contributed by atoms with Crippen LogP contribution >= 0.6 is 15.9 Å². The van der Waals surface area contributed by atoms with Crippen molar-refractivity contribution < 1.29 is 9.52 Å². The van der Waals surface area contributed by atoms with Gasteiger partial charge in [0, 0.05) is 24.5 Å². The molecule has 90 valence electrons. The summed E-state index contributed by atoms with van der Waals surface area (Å²) in [6.07, 6.45) is 6.46. The monoisotopic (exact) mass is 297 g/mol. The minimum Gasteiger partial charge on any atom is -0.472 e. The van der Waals surface area contributed by atoms with E-state index in [1.807, 2.05) is 0 Å². The van der Waals surface area contributed by atoms with Gasteiger partial charge in [-0.1, -0.05) is 0 Å². The molecule has 2 aromatic heterocycles. The molecule has 2 aromatic rings. The fourth-order valence-electron chi connectivity index (χ4n) is 1.36. The summed E-state index contributed by atoms with van der Waals surface area (Å²) in [5.41, 5.74) is 0.781. The standard InChI is InChI=1S/C11H12BrN3O2/c12-9-5-14-11(15-6-9)13-3-1-10(16)8-2-4-17-7-8/h2,4-7,10,16H,1,3H2,(H,13,14,15). The summed E-state index contributed by atoms with van der Waals surface area (Å²) in [6.45, 7) is 0.591. The van der Waals surface area contributed by atoms with E-state index >= 15 is 0 Å². The molecule has 0 fully saturated rings. The Morgan fingerprint density at radius 2 is 2.18 bits per heavy atom. The van der Waals surface area contributed by atoms with Crippen molar-refractivity contribution in [1.29, 1.82) is 0 Å². The number of nitrogens with zero attached hydrogens (tertiary/aromatic N) is 2. The van der Waals surface area contributed by atoms with Crippen molar-refractivity contribution in [3.05, 3.63) is 41.0 Å². The maximum atomic E-state index is 9.78. The molecule has 0 radical (unpaired) electrons. The zero-order chi connectivity index (χ0) is 12.1. The Morgan fingerprint density at radius 1 is 1.41 bits per heavy atom. The fourth-order valence-corrected chi connectivity index (χ4v) is 1.56. The molecule has 0 aromatic carbocycles. The maximum Gasteiger partial charge on any atom is 0.222 e. The predicted octanol–water partition coefficient (Wildman–Crippen LogP) is 2.37. The van der Waals surface area contributed by atoms with Crippen LogP contribution in [0.1, 0.15) is 18.1 Å². The minimum atomic E-state index is -0.531. The van der Waals surface area contributed by atoms with Crippen LogP contribution in [0, 0.1) is 0 Å². The minimum absolute atomic E-state index is 0.531. The van der Waals surface area contributed by atoms with Gasteiger partial charge >= 0.3 is 0 Å². The summed E-state index contributed by atoms with van der Waals surface area (Å²) in [4.78, 5) is 8.14. The van der Waals surface area contributed by atoms with Crippen LogP contribution in [0.25, 0.3) is 0 Å². The van der Waals surface area contributed by atoms with E-state index in [0.29, 0.717) is 18.9 Å². The zero-order valence-corrected chi connectivity index (χ0v) is 10.6. The molecule has 0 aliphatic heterocycles. The van der Waals surface area contributed by atoms with E-state index in [0.717, 1.165) is 10.0 Å². The molecule has 17 heavy (non-hydrogen) atoms. The Hall–Kier alpha value is -1.40. The molecule has 2 rings (SSSR count). The number of hydrogen-bond acceptors (Lipinski definition) is 5. The molecule has 5 nitrogen and oxygen atoms in total. The quantitative estimate of drug-likeness (QED) is 0.886. The van der Waals surface area contributed by atoms with Crippen molar-refractivity contribution in [2.24, 2.45) is 0 Å². The summed E-state index contributed by atoms with van der Waals surface area (Å²) < 4.78 is 5.74. The Morgan fingerprint density at radius 3 is 2.82 bits per heavy atom. The van der Waals surface area contributed by atoms with Crippen molar-refractivity contribution in [2.75, 3.05) is 11.9 Å². The van der Waals surface area contributed by atoms with Gasteiger partial charge in [-0.25, -0.2) is 9.97 Å². The molecule has 2 heterocycles. The number of furan rings is 1. The van der Waals surface area contributed by atoms with Gasteiger partial charge in [-0.05, 0) is 28.4 Å². The molecule has 0 spiro atoms. The van der Waals surface area contributed by atoms with Gasteiger partial charge in [-0.3, -0.25) is 0 Å². The lowest BCUT2D eigenvalue weighted by Crippen LogP contribution is -2.09. The van der Waals surface area contributed by atoms with Crippen molar-refractivity contribution in [3.8, 4) is 0 Å². The molecule has 0 aliphatic carbocycles. The molecule has 0 bridgehead atoms. The predicted molar refractivity (Wildman–Crippen MR) is 66.5 cm³/mol. The van der Waals surface area contributed by atoms with Crippen LogP contribution in [-0.4, -0.2) is 21.6 Å². The molecule has 2 N–H and O–H groups in total. The SMILES string of the molecule is OC(CCNc1ncc(Br)cn1)c1ccoc1. The zero-order valence-electron chi connectivity index (χ0n) is 9.01. The third-order valence-electron chi connectivity index (χ3n) is 2.25. The molecule has 6 heteroatoms. The summed E-state index contributed by atoms with van der Waals surface area (Å²) >= 11 is 3.26. The summed E-state index contributed by atoms with van der Waals surface area (Å²) in [6, 6.07) is 1.75. The van der Waals surface area contributed by atoms with Gasteiger partial charge in [0.15, 0.2) is 0 Å². The molecule has 1 atom stereocenters. The van der Waals surface area contributed by atoms with E-state index in [1.165, 1.54) is 0 Å². The first kappa shape index (κ1) is 12.1. The first-order valence-corrected chi connectivity index (χ1v) is 5.96. The lowest BCUT2D eigenvalue weighted by atomic mass is 10.1. The highest BCUT2D eigenvalue weighted by atomic mass is 79.9. The van der Waals surface area contributed by atoms with Crippen LogP contribution in [0.3, 0.4) is 0 Å². The molecule has 0 aliphatic rings.